The maximum absolute atomic E-state index is 12.6. The van der Waals surface area contributed by atoms with E-state index in [-0.39, 0.29) is 17.6 Å². The van der Waals surface area contributed by atoms with Crippen molar-refractivity contribution in [2.24, 2.45) is 5.73 Å². The first-order valence-electron chi connectivity index (χ1n) is 6.15. The molecule has 0 amide bonds. The number of hydrogen-bond donors (Lipinski definition) is 2. The quantitative estimate of drug-likeness (QED) is 0.870. The zero-order valence-electron chi connectivity index (χ0n) is 10.4. The Morgan fingerprint density at radius 3 is 2.84 bits per heavy atom. The van der Waals surface area contributed by atoms with Gasteiger partial charge in [-0.25, -0.2) is 4.98 Å². The van der Waals surface area contributed by atoms with Crippen LogP contribution in [0.15, 0.2) is 23.0 Å². The van der Waals surface area contributed by atoms with E-state index in [9.17, 15) is 9.90 Å². The molecular weight excluding hydrogens is 266 g/mol. The number of nitrogens with zero attached hydrogens (tertiary/aromatic N) is 2. The summed E-state index contributed by atoms with van der Waals surface area (Å²) in [7, 11) is 0. The van der Waals surface area contributed by atoms with Crippen molar-refractivity contribution in [2.75, 3.05) is 0 Å². The van der Waals surface area contributed by atoms with Crippen molar-refractivity contribution >= 4 is 22.5 Å². The number of aromatic nitrogens is 2. The Morgan fingerprint density at radius 1 is 1.58 bits per heavy atom. The molecule has 5 nitrogen and oxygen atoms in total. The van der Waals surface area contributed by atoms with E-state index in [1.807, 2.05) is 0 Å². The maximum atomic E-state index is 12.6. The van der Waals surface area contributed by atoms with Crippen LogP contribution in [0.4, 0.5) is 0 Å². The summed E-state index contributed by atoms with van der Waals surface area (Å²) >= 11 is 6.08. The van der Waals surface area contributed by atoms with Crippen molar-refractivity contribution in [3.05, 3.63) is 39.4 Å². The molecule has 3 N–H and O–H groups in total. The first-order valence-corrected chi connectivity index (χ1v) is 6.53. The molecule has 1 fully saturated rings. The van der Waals surface area contributed by atoms with Crippen LogP contribution in [-0.4, -0.2) is 20.8 Å². The number of hydrogen-bond acceptors (Lipinski definition) is 4. The number of aliphatic hydroxyl groups is 1. The highest BCUT2D eigenvalue weighted by Gasteiger charge is 2.40. The summed E-state index contributed by atoms with van der Waals surface area (Å²) in [5.41, 5.74) is 6.19. The first-order chi connectivity index (χ1) is 9.00. The Kier molecular flexibility index (Phi) is 2.85. The van der Waals surface area contributed by atoms with E-state index in [1.54, 1.807) is 25.1 Å². The van der Waals surface area contributed by atoms with Gasteiger partial charge < -0.3 is 10.8 Å². The van der Waals surface area contributed by atoms with Crippen LogP contribution in [0.1, 0.15) is 31.3 Å². The van der Waals surface area contributed by atoms with E-state index in [2.05, 4.69) is 4.98 Å². The van der Waals surface area contributed by atoms with Crippen molar-refractivity contribution in [1.29, 1.82) is 0 Å². The molecule has 1 aliphatic carbocycles. The molecule has 0 spiro atoms. The number of nitrogens with two attached hydrogens (primary N) is 1. The van der Waals surface area contributed by atoms with Crippen molar-refractivity contribution in [3.63, 3.8) is 0 Å². The molecule has 3 unspecified atom stereocenters. The Hall–Kier alpha value is -1.43. The monoisotopic (exact) mass is 279 g/mol. The molecule has 6 heteroatoms. The molecule has 2 aromatic rings. The normalized spacial score (nSPS) is 23.6. The average molecular weight is 280 g/mol. The minimum Gasteiger partial charge on any atom is -0.391 e. The van der Waals surface area contributed by atoms with Crippen LogP contribution < -0.4 is 11.3 Å². The predicted molar refractivity (Wildman–Crippen MR) is 73.3 cm³/mol. The summed E-state index contributed by atoms with van der Waals surface area (Å²) in [6, 6.07) is 4.53. The van der Waals surface area contributed by atoms with Crippen LogP contribution in [0.25, 0.3) is 10.9 Å². The number of aliphatic hydroxyl groups excluding tert-OH is 1. The Labute approximate surface area is 114 Å². The number of halogens is 1. The van der Waals surface area contributed by atoms with Gasteiger partial charge in [-0.15, -0.1) is 0 Å². The molecule has 0 bridgehead atoms. The largest absolute Gasteiger partial charge is 0.391 e. The summed E-state index contributed by atoms with van der Waals surface area (Å²) in [5.74, 6) is 0.487. The van der Waals surface area contributed by atoms with E-state index >= 15 is 0 Å². The van der Waals surface area contributed by atoms with Gasteiger partial charge in [-0.05, 0) is 25.5 Å². The molecule has 0 aliphatic heterocycles. The average Bonchev–Trinajstić information content (AvgIpc) is 3.05. The maximum Gasteiger partial charge on any atom is 0.263 e. The van der Waals surface area contributed by atoms with Crippen molar-refractivity contribution in [2.45, 2.75) is 31.5 Å². The van der Waals surface area contributed by atoms with E-state index < -0.39 is 6.10 Å². The Balaban J connectivity index is 2.38. The fourth-order valence-corrected chi connectivity index (χ4v) is 2.56. The molecule has 1 heterocycles. The van der Waals surface area contributed by atoms with Gasteiger partial charge in [-0.2, -0.15) is 0 Å². The van der Waals surface area contributed by atoms with E-state index in [4.69, 9.17) is 17.3 Å². The third kappa shape index (κ3) is 1.94. The van der Waals surface area contributed by atoms with E-state index in [0.717, 1.165) is 0 Å². The van der Waals surface area contributed by atoms with Gasteiger partial charge in [0.25, 0.3) is 5.56 Å². The Bertz CT molecular complexity index is 711. The van der Waals surface area contributed by atoms with Crippen LogP contribution in [0.3, 0.4) is 0 Å². The van der Waals surface area contributed by atoms with Gasteiger partial charge >= 0.3 is 0 Å². The second-order valence-electron chi connectivity index (χ2n) is 4.94. The second kappa shape index (κ2) is 4.30. The molecule has 1 aromatic heterocycles. The SMILES string of the molecule is CC(N)c1nc2cccc(Cl)c2c(=O)n1C1CC1O. The lowest BCUT2D eigenvalue weighted by Crippen LogP contribution is -2.29. The minimum atomic E-state index is -0.503. The summed E-state index contributed by atoms with van der Waals surface area (Å²) in [5, 5.41) is 10.3. The molecule has 100 valence electrons. The summed E-state index contributed by atoms with van der Waals surface area (Å²) < 4.78 is 1.49. The van der Waals surface area contributed by atoms with Crippen molar-refractivity contribution in [3.8, 4) is 0 Å². The van der Waals surface area contributed by atoms with Crippen LogP contribution in [0.5, 0.6) is 0 Å². The van der Waals surface area contributed by atoms with Gasteiger partial charge in [0, 0.05) is 0 Å². The molecule has 0 radical (unpaired) electrons. The van der Waals surface area contributed by atoms with Crippen molar-refractivity contribution < 1.29 is 5.11 Å². The van der Waals surface area contributed by atoms with Crippen LogP contribution in [-0.2, 0) is 0 Å². The van der Waals surface area contributed by atoms with Gasteiger partial charge in [0.2, 0.25) is 0 Å². The summed E-state index contributed by atoms with van der Waals surface area (Å²) in [6.45, 7) is 1.77. The van der Waals surface area contributed by atoms with Crippen LogP contribution in [0.2, 0.25) is 5.02 Å². The zero-order chi connectivity index (χ0) is 13.7. The lowest BCUT2D eigenvalue weighted by molar-refractivity contribution is 0.257. The summed E-state index contributed by atoms with van der Waals surface area (Å²) in [4.78, 5) is 17.0. The van der Waals surface area contributed by atoms with Crippen molar-refractivity contribution in [1.82, 2.24) is 9.55 Å². The van der Waals surface area contributed by atoms with E-state index in [1.165, 1.54) is 4.57 Å². The molecule has 1 aliphatic rings. The molecule has 3 rings (SSSR count). The molecule has 0 saturated heterocycles. The predicted octanol–water partition coefficient (Wildman–Crippen LogP) is 1.38. The highest BCUT2D eigenvalue weighted by atomic mass is 35.5. The third-order valence-corrected chi connectivity index (χ3v) is 3.68. The van der Waals surface area contributed by atoms with Crippen LogP contribution in [0, 0.1) is 0 Å². The van der Waals surface area contributed by atoms with Gasteiger partial charge in [-0.3, -0.25) is 9.36 Å². The lowest BCUT2D eigenvalue weighted by Gasteiger charge is -2.15. The molecule has 19 heavy (non-hydrogen) atoms. The summed E-state index contributed by atoms with van der Waals surface area (Å²) in [6.07, 6.45) is 0.0500. The van der Waals surface area contributed by atoms with E-state index in [0.29, 0.717) is 28.2 Å². The highest BCUT2D eigenvalue weighted by Crippen LogP contribution is 2.36. The van der Waals surface area contributed by atoms with Gasteiger partial charge in [-0.1, -0.05) is 17.7 Å². The number of fused-ring (bicyclic) bond motifs is 1. The molecule has 1 aromatic carbocycles. The Morgan fingerprint density at radius 2 is 2.26 bits per heavy atom. The molecule has 1 saturated carbocycles. The second-order valence-corrected chi connectivity index (χ2v) is 5.35. The molecule has 3 atom stereocenters. The van der Waals surface area contributed by atoms with Crippen LogP contribution >= 0.6 is 11.6 Å². The fraction of sp³-hybridized carbons (Fsp3) is 0.385. The third-order valence-electron chi connectivity index (χ3n) is 3.37. The zero-order valence-corrected chi connectivity index (χ0v) is 11.1. The fourth-order valence-electron chi connectivity index (χ4n) is 2.31. The number of benzene rings is 1. The van der Waals surface area contributed by atoms with Gasteiger partial charge in [0.15, 0.2) is 0 Å². The standard InChI is InChI=1S/C13H14ClN3O2/c1-6(15)12-16-8-4-2-3-7(14)11(8)13(19)17(12)9-5-10(9)18/h2-4,6,9-10,18H,5,15H2,1H3. The first kappa shape index (κ1) is 12.6. The highest BCUT2D eigenvalue weighted by molar-refractivity contribution is 6.35. The lowest BCUT2D eigenvalue weighted by atomic mass is 10.2. The smallest absolute Gasteiger partial charge is 0.263 e. The minimum absolute atomic E-state index is 0.232. The van der Waals surface area contributed by atoms with Gasteiger partial charge in [0.05, 0.1) is 34.1 Å². The molecular formula is C13H14ClN3O2. The number of rotatable bonds is 2. The topological polar surface area (TPSA) is 81.1 Å². The van der Waals surface area contributed by atoms with Gasteiger partial charge in [0.1, 0.15) is 5.82 Å².